The van der Waals surface area contributed by atoms with Gasteiger partial charge in [-0.3, -0.25) is 0 Å². The highest BCUT2D eigenvalue weighted by molar-refractivity contribution is 4.95. The van der Waals surface area contributed by atoms with Gasteiger partial charge < -0.3 is 15.2 Å². The average Bonchev–Trinajstić information content (AvgIpc) is 2.28. The van der Waals surface area contributed by atoms with Gasteiger partial charge in [0.25, 0.3) is 0 Å². The molecule has 1 fully saturated rings. The third-order valence-corrected chi connectivity index (χ3v) is 3.83. The summed E-state index contributed by atoms with van der Waals surface area (Å²) in [5.41, 5.74) is 6.33. The van der Waals surface area contributed by atoms with E-state index in [1.807, 2.05) is 0 Å². The summed E-state index contributed by atoms with van der Waals surface area (Å²) in [5, 5.41) is 0. The van der Waals surface area contributed by atoms with Gasteiger partial charge in [0, 0.05) is 38.7 Å². The summed E-state index contributed by atoms with van der Waals surface area (Å²) in [5.74, 6) is 1.19. The molecule has 0 aromatic carbocycles. The minimum atomic E-state index is -0.151. The Morgan fingerprint density at radius 3 is 2.29 bits per heavy atom. The van der Waals surface area contributed by atoms with Crippen molar-refractivity contribution in [3.05, 3.63) is 0 Å². The molecule has 0 aromatic heterocycles. The van der Waals surface area contributed by atoms with Crippen molar-refractivity contribution in [2.24, 2.45) is 17.6 Å². The van der Waals surface area contributed by atoms with Crippen LogP contribution in [0.5, 0.6) is 0 Å². The van der Waals surface area contributed by atoms with E-state index in [0.29, 0.717) is 11.8 Å². The Labute approximate surface area is 106 Å². The maximum atomic E-state index is 6.48. The van der Waals surface area contributed by atoms with E-state index in [4.69, 9.17) is 15.2 Å². The molecule has 1 saturated heterocycles. The van der Waals surface area contributed by atoms with Crippen LogP contribution in [0.15, 0.2) is 0 Å². The molecule has 102 valence electrons. The Hall–Kier alpha value is -0.120. The number of nitrogens with two attached hydrogens (primary N) is 1. The lowest BCUT2D eigenvalue weighted by atomic mass is 9.77. The minimum Gasteiger partial charge on any atom is -0.381 e. The van der Waals surface area contributed by atoms with Gasteiger partial charge in [-0.25, -0.2) is 0 Å². The first-order chi connectivity index (χ1) is 8.02. The van der Waals surface area contributed by atoms with Gasteiger partial charge >= 0.3 is 0 Å². The van der Waals surface area contributed by atoms with Crippen molar-refractivity contribution < 1.29 is 9.47 Å². The van der Waals surface area contributed by atoms with Gasteiger partial charge in [-0.15, -0.1) is 0 Å². The van der Waals surface area contributed by atoms with E-state index >= 15 is 0 Å². The lowest BCUT2D eigenvalue weighted by Crippen LogP contribution is -2.56. The topological polar surface area (TPSA) is 44.5 Å². The number of rotatable bonds is 6. The van der Waals surface area contributed by atoms with Crippen LogP contribution in [0.25, 0.3) is 0 Å². The molecule has 0 bridgehead atoms. The molecule has 2 atom stereocenters. The largest absolute Gasteiger partial charge is 0.381 e. The molecule has 2 unspecified atom stereocenters. The Kier molecular flexibility index (Phi) is 5.90. The summed E-state index contributed by atoms with van der Waals surface area (Å²) in [7, 11) is 0. The summed E-state index contributed by atoms with van der Waals surface area (Å²) in [6.07, 6.45) is 3.03. The molecule has 3 heteroatoms. The van der Waals surface area contributed by atoms with Gasteiger partial charge in [0.15, 0.2) is 0 Å². The van der Waals surface area contributed by atoms with Crippen LogP contribution in [0.1, 0.15) is 47.0 Å². The Morgan fingerprint density at radius 2 is 1.82 bits per heavy atom. The summed E-state index contributed by atoms with van der Waals surface area (Å²) in [4.78, 5) is 0. The molecule has 3 nitrogen and oxygen atoms in total. The fourth-order valence-electron chi connectivity index (χ4n) is 2.99. The average molecular weight is 243 g/mol. The SMILES string of the molecule is CCOC1(C(N)C(C)CC(C)C)CCOCC1. The summed E-state index contributed by atoms with van der Waals surface area (Å²) in [6, 6.07) is 0.119. The molecule has 0 aromatic rings. The van der Waals surface area contributed by atoms with Crippen molar-refractivity contribution in [3.63, 3.8) is 0 Å². The Bertz CT molecular complexity index is 207. The molecule has 0 spiro atoms. The highest BCUT2D eigenvalue weighted by atomic mass is 16.5. The summed E-state index contributed by atoms with van der Waals surface area (Å²) >= 11 is 0. The van der Waals surface area contributed by atoms with Gasteiger partial charge in [0.2, 0.25) is 0 Å². The van der Waals surface area contributed by atoms with Gasteiger partial charge in [0.1, 0.15) is 0 Å². The van der Waals surface area contributed by atoms with Gasteiger partial charge in [-0.05, 0) is 25.2 Å². The van der Waals surface area contributed by atoms with E-state index in [1.54, 1.807) is 0 Å². The quantitative estimate of drug-likeness (QED) is 0.780. The highest BCUT2D eigenvalue weighted by Crippen LogP contribution is 2.33. The van der Waals surface area contributed by atoms with E-state index in [-0.39, 0.29) is 11.6 Å². The Balaban J connectivity index is 2.67. The van der Waals surface area contributed by atoms with Crippen LogP contribution in [0.2, 0.25) is 0 Å². The molecule has 1 heterocycles. The molecule has 0 saturated carbocycles. The monoisotopic (exact) mass is 243 g/mol. The van der Waals surface area contributed by atoms with Crippen LogP contribution in [0, 0.1) is 11.8 Å². The van der Waals surface area contributed by atoms with E-state index in [9.17, 15) is 0 Å². The minimum absolute atomic E-state index is 0.119. The Morgan fingerprint density at radius 1 is 1.24 bits per heavy atom. The maximum Gasteiger partial charge on any atom is 0.0878 e. The molecule has 1 rings (SSSR count). The van der Waals surface area contributed by atoms with E-state index in [2.05, 4.69) is 27.7 Å². The van der Waals surface area contributed by atoms with E-state index < -0.39 is 0 Å². The second-order valence-electron chi connectivity index (χ2n) is 5.74. The van der Waals surface area contributed by atoms with E-state index in [0.717, 1.165) is 39.1 Å². The van der Waals surface area contributed by atoms with Crippen LogP contribution in [-0.4, -0.2) is 31.5 Å². The number of ether oxygens (including phenoxy) is 2. The van der Waals surface area contributed by atoms with Crippen LogP contribution >= 0.6 is 0 Å². The third-order valence-electron chi connectivity index (χ3n) is 3.83. The van der Waals surface area contributed by atoms with Crippen molar-refractivity contribution in [2.45, 2.75) is 58.6 Å². The predicted octanol–water partition coefficient (Wildman–Crippen LogP) is 2.58. The molecular formula is C14H29NO2. The van der Waals surface area contributed by atoms with Crippen LogP contribution in [-0.2, 0) is 9.47 Å². The smallest absolute Gasteiger partial charge is 0.0878 e. The first-order valence-corrected chi connectivity index (χ1v) is 6.99. The van der Waals surface area contributed by atoms with Crippen LogP contribution in [0.4, 0.5) is 0 Å². The third kappa shape index (κ3) is 3.94. The first-order valence-electron chi connectivity index (χ1n) is 6.99. The molecule has 0 amide bonds. The standard InChI is InChI=1S/C14H29NO2/c1-5-17-14(6-8-16-9-7-14)13(15)12(4)10-11(2)3/h11-13H,5-10,15H2,1-4H3. The van der Waals surface area contributed by atoms with Crippen LogP contribution in [0.3, 0.4) is 0 Å². The lowest BCUT2D eigenvalue weighted by molar-refractivity contribution is -0.129. The maximum absolute atomic E-state index is 6.48. The fourth-order valence-corrected chi connectivity index (χ4v) is 2.99. The second kappa shape index (κ2) is 6.72. The zero-order valence-corrected chi connectivity index (χ0v) is 11.9. The van der Waals surface area contributed by atoms with Gasteiger partial charge in [0.05, 0.1) is 5.60 Å². The molecule has 0 aliphatic carbocycles. The van der Waals surface area contributed by atoms with Crippen molar-refractivity contribution >= 4 is 0 Å². The van der Waals surface area contributed by atoms with Crippen molar-refractivity contribution in [1.29, 1.82) is 0 Å². The first kappa shape index (κ1) is 14.9. The molecule has 17 heavy (non-hydrogen) atoms. The summed E-state index contributed by atoms with van der Waals surface area (Å²) < 4.78 is 11.5. The van der Waals surface area contributed by atoms with Crippen molar-refractivity contribution in [2.75, 3.05) is 19.8 Å². The van der Waals surface area contributed by atoms with Gasteiger partial charge in [-0.2, -0.15) is 0 Å². The second-order valence-corrected chi connectivity index (χ2v) is 5.74. The fraction of sp³-hybridized carbons (Fsp3) is 1.00. The predicted molar refractivity (Wildman–Crippen MR) is 71.0 cm³/mol. The number of hydrogen-bond acceptors (Lipinski definition) is 3. The normalized spacial score (nSPS) is 23.6. The van der Waals surface area contributed by atoms with Gasteiger partial charge in [-0.1, -0.05) is 20.8 Å². The molecule has 1 aliphatic heterocycles. The molecular weight excluding hydrogens is 214 g/mol. The zero-order chi connectivity index (χ0) is 12.9. The highest BCUT2D eigenvalue weighted by Gasteiger charge is 2.41. The molecule has 1 aliphatic rings. The van der Waals surface area contributed by atoms with Crippen LogP contribution < -0.4 is 5.73 Å². The van der Waals surface area contributed by atoms with Crippen molar-refractivity contribution in [1.82, 2.24) is 0 Å². The lowest BCUT2D eigenvalue weighted by Gasteiger charge is -2.44. The van der Waals surface area contributed by atoms with E-state index in [1.165, 1.54) is 0 Å². The molecule has 2 N–H and O–H groups in total. The zero-order valence-electron chi connectivity index (χ0n) is 11.9. The van der Waals surface area contributed by atoms with Crippen molar-refractivity contribution in [3.8, 4) is 0 Å². The molecule has 0 radical (unpaired) electrons. The summed E-state index contributed by atoms with van der Waals surface area (Å²) in [6.45, 7) is 11.1. The number of hydrogen-bond donors (Lipinski definition) is 1.